The van der Waals surface area contributed by atoms with E-state index in [-0.39, 0.29) is 11.9 Å². The number of carbonyl (C=O) groups excluding carboxylic acids is 1. The maximum atomic E-state index is 12.1. The molecule has 100 valence electrons. The molecule has 0 spiro atoms. The molecule has 3 nitrogen and oxygen atoms in total. The first-order valence-corrected chi connectivity index (χ1v) is 6.38. The van der Waals surface area contributed by atoms with Gasteiger partial charge >= 0.3 is 0 Å². The molecule has 0 fully saturated rings. The van der Waals surface area contributed by atoms with Crippen LogP contribution in [0.3, 0.4) is 0 Å². The van der Waals surface area contributed by atoms with Gasteiger partial charge in [-0.3, -0.25) is 4.79 Å². The molecular weight excluding hydrogens is 248 g/mol. The molecule has 2 N–H and O–H groups in total. The molecule has 1 unspecified atom stereocenters. The summed E-state index contributed by atoms with van der Waals surface area (Å²) in [5.41, 5.74) is 6.45. The molecular formula is C14H21ClN2O. The maximum absolute atomic E-state index is 12.1. The highest BCUT2D eigenvalue weighted by atomic mass is 35.5. The molecule has 1 aromatic rings. The Balaban J connectivity index is 2.74. The molecule has 0 saturated heterocycles. The van der Waals surface area contributed by atoms with Crippen molar-refractivity contribution in [3.05, 3.63) is 34.9 Å². The Morgan fingerprint density at radius 2 is 1.89 bits per heavy atom. The Kier molecular flexibility index (Phi) is 4.77. The highest BCUT2D eigenvalue weighted by Crippen LogP contribution is 2.22. The summed E-state index contributed by atoms with van der Waals surface area (Å²) in [7, 11) is 1.80. The molecule has 18 heavy (non-hydrogen) atoms. The molecule has 1 atom stereocenters. The van der Waals surface area contributed by atoms with Crippen LogP contribution in [-0.4, -0.2) is 23.4 Å². The molecule has 1 amide bonds. The van der Waals surface area contributed by atoms with Gasteiger partial charge in [0.05, 0.1) is 6.04 Å². The lowest BCUT2D eigenvalue weighted by Gasteiger charge is -2.28. The molecule has 0 aliphatic rings. The number of nitrogens with two attached hydrogens (primary N) is 1. The van der Waals surface area contributed by atoms with Gasteiger partial charge in [0.1, 0.15) is 0 Å². The van der Waals surface area contributed by atoms with Gasteiger partial charge in [0, 0.05) is 24.0 Å². The fourth-order valence-corrected chi connectivity index (χ4v) is 1.82. The zero-order valence-corrected chi connectivity index (χ0v) is 12.2. The lowest BCUT2D eigenvalue weighted by molar-refractivity contribution is -0.132. The highest BCUT2D eigenvalue weighted by molar-refractivity contribution is 6.30. The van der Waals surface area contributed by atoms with Crippen LogP contribution in [0.15, 0.2) is 24.3 Å². The van der Waals surface area contributed by atoms with Gasteiger partial charge in [-0.2, -0.15) is 0 Å². The molecule has 1 aromatic carbocycles. The minimum Gasteiger partial charge on any atom is -0.339 e. The zero-order valence-electron chi connectivity index (χ0n) is 11.4. The van der Waals surface area contributed by atoms with Crippen molar-refractivity contribution in [2.75, 3.05) is 7.05 Å². The molecule has 0 aliphatic carbocycles. The van der Waals surface area contributed by atoms with E-state index < -0.39 is 5.54 Å². The van der Waals surface area contributed by atoms with Crippen LogP contribution in [0, 0.1) is 0 Å². The SMILES string of the molecule is CC(c1ccc(Cl)cc1)N(C)C(=O)CC(C)(C)N. The Morgan fingerprint density at radius 1 is 1.39 bits per heavy atom. The summed E-state index contributed by atoms with van der Waals surface area (Å²) in [5.74, 6) is 0.0463. The summed E-state index contributed by atoms with van der Waals surface area (Å²) in [5, 5.41) is 0.697. The van der Waals surface area contributed by atoms with E-state index in [9.17, 15) is 4.79 Å². The van der Waals surface area contributed by atoms with Crippen molar-refractivity contribution in [1.82, 2.24) is 4.90 Å². The van der Waals surface area contributed by atoms with Gasteiger partial charge < -0.3 is 10.6 Å². The average molecular weight is 269 g/mol. The van der Waals surface area contributed by atoms with E-state index in [0.29, 0.717) is 11.4 Å². The van der Waals surface area contributed by atoms with E-state index in [2.05, 4.69) is 0 Å². The Labute approximate surface area is 114 Å². The van der Waals surface area contributed by atoms with Crippen LogP contribution in [0.4, 0.5) is 0 Å². The van der Waals surface area contributed by atoms with E-state index in [1.807, 2.05) is 45.0 Å². The van der Waals surface area contributed by atoms with Crippen molar-refractivity contribution in [2.24, 2.45) is 5.73 Å². The molecule has 0 aliphatic heterocycles. The van der Waals surface area contributed by atoms with Crippen LogP contribution < -0.4 is 5.73 Å². The van der Waals surface area contributed by atoms with E-state index in [1.54, 1.807) is 11.9 Å². The lowest BCUT2D eigenvalue weighted by Crippen LogP contribution is -2.40. The average Bonchev–Trinajstić information content (AvgIpc) is 2.26. The molecule has 0 bridgehead atoms. The Hall–Kier alpha value is -1.06. The van der Waals surface area contributed by atoms with E-state index in [0.717, 1.165) is 5.56 Å². The number of amides is 1. The van der Waals surface area contributed by atoms with Crippen LogP contribution >= 0.6 is 11.6 Å². The summed E-state index contributed by atoms with van der Waals surface area (Å²) in [6.07, 6.45) is 0.335. The summed E-state index contributed by atoms with van der Waals surface area (Å²) in [6, 6.07) is 7.54. The lowest BCUT2D eigenvalue weighted by atomic mass is 10.0. The van der Waals surface area contributed by atoms with Crippen LogP contribution in [0.5, 0.6) is 0 Å². The van der Waals surface area contributed by atoms with Crippen molar-refractivity contribution >= 4 is 17.5 Å². The number of halogens is 1. The van der Waals surface area contributed by atoms with Gasteiger partial charge in [0.2, 0.25) is 5.91 Å². The van der Waals surface area contributed by atoms with E-state index >= 15 is 0 Å². The molecule has 1 rings (SSSR count). The standard InChI is InChI=1S/C14H21ClN2O/c1-10(11-5-7-12(15)8-6-11)17(4)13(18)9-14(2,3)16/h5-8,10H,9,16H2,1-4H3. The zero-order chi connectivity index (χ0) is 13.9. The number of rotatable bonds is 4. The number of hydrogen-bond donors (Lipinski definition) is 1. The molecule has 0 aromatic heterocycles. The van der Waals surface area contributed by atoms with Gasteiger partial charge in [-0.1, -0.05) is 23.7 Å². The monoisotopic (exact) mass is 268 g/mol. The predicted octanol–water partition coefficient (Wildman–Crippen LogP) is 2.99. The van der Waals surface area contributed by atoms with Gasteiger partial charge in [-0.05, 0) is 38.5 Å². The second-order valence-corrected chi connectivity index (χ2v) is 5.83. The first-order valence-electron chi connectivity index (χ1n) is 6.01. The number of benzene rings is 1. The van der Waals surface area contributed by atoms with Crippen LogP contribution in [0.1, 0.15) is 38.8 Å². The second kappa shape index (κ2) is 5.72. The van der Waals surface area contributed by atoms with Crippen molar-refractivity contribution in [1.29, 1.82) is 0 Å². The molecule has 0 heterocycles. The van der Waals surface area contributed by atoms with Crippen molar-refractivity contribution in [3.63, 3.8) is 0 Å². The predicted molar refractivity (Wildman–Crippen MR) is 75.5 cm³/mol. The third kappa shape index (κ3) is 4.31. The molecule has 0 saturated carbocycles. The number of hydrogen-bond acceptors (Lipinski definition) is 2. The van der Waals surface area contributed by atoms with Crippen molar-refractivity contribution in [2.45, 2.75) is 38.8 Å². The number of carbonyl (C=O) groups is 1. The quantitative estimate of drug-likeness (QED) is 0.913. The third-order valence-corrected chi connectivity index (χ3v) is 3.19. The van der Waals surface area contributed by atoms with Crippen molar-refractivity contribution < 1.29 is 4.79 Å². The Morgan fingerprint density at radius 3 is 2.33 bits per heavy atom. The fourth-order valence-electron chi connectivity index (χ4n) is 1.70. The van der Waals surface area contributed by atoms with E-state index in [1.165, 1.54) is 0 Å². The minimum absolute atomic E-state index is 0.0112. The summed E-state index contributed by atoms with van der Waals surface area (Å²) in [4.78, 5) is 13.8. The minimum atomic E-state index is -0.481. The summed E-state index contributed by atoms with van der Waals surface area (Å²) in [6.45, 7) is 5.70. The van der Waals surface area contributed by atoms with Crippen LogP contribution in [-0.2, 0) is 4.79 Å². The largest absolute Gasteiger partial charge is 0.339 e. The summed E-state index contributed by atoms with van der Waals surface area (Å²) < 4.78 is 0. The smallest absolute Gasteiger partial charge is 0.224 e. The number of nitrogens with zero attached hydrogens (tertiary/aromatic N) is 1. The first-order chi connectivity index (χ1) is 8.20. The second-order valence-electron chi connectivity index (χ2n) is 5.40. The van der Waals surface area contributed by atoms with Crippen LogP contribution in [0.2, 0.25) is 5.02 Å². The molecule has 4 heteroatoms. The van der Waals surface area contributed by atoms with Crippen LogP contribution in [0.25, 0.3) is 0 Å². The van der Waals surface area contributed by atoms with Gasteiger partial charge in [0.15, 0.2) is 0 Å². The maximum Gasteiger partial charge on any atom is 0.224 e. The van der Waals surface area contributed by atoms with Gasteiger partial charge in [-0.15, -0.1) is 0 Å². The van der Waals surface area contributed by atoms with E-state index in [4.69, 9.17) is 17.3 Å². The fraction of sp³-hybridized carbons (Fsp3) is 0.500. The molecule has 0 radical (unpaired) electrons. The topological polar surface area (TPSA) is 46.3 Å². The normalized spacial score (nSPS) is 13.2. The summed E-state index contributed by atoms with van der Waals surface area (Å²) >= 11 is 5.85. The van der Waals surface area contributed by atoms with Gasteiger partial charge in [-0.25, -0.2) is 0 Å². The Bertz CT molecular complexity index is 409. The third-order valence-electron chi connectivity index (χ3n) is 2.93. The van der Waals surface area contributed by atoms with Crippen molar-refractivity contribution in [3.8, 4) is 0 Å². The first kappa shape index (κ1) is 15.0. The van der Waals surface area contributed by atoms with Gasteiger partial charge in [0.25, 0.3) is 0 Å². The highest BCUT2D eigenvalue weighted by Gasteiger charge is 2.22.